The van der Waals surface area contributed by atoms with E-state index in [-0.39, 0.29) is 0 Å². The number of rotatable bonds is 3. The lowest BCUT2D eigenvalue weighted by atomic mass is 10.3. The summed E-state index contributed by atoms with van der Waals surface area (Å²) in [5.74, 6) is 0. The number of hydrogen-bond donors (Lipinski definition) is 1. The second kappa shape index (κ2) is 3.65. The molecule has 1 unspecified atom stereocenters. The van der Waals surface area contributed by atoms with E-state index in [4.69, 9.17) is 4.74 Å². The Labute approximate surface area is 63.4 Å². The van der Waals surface area contributed by atoms with E-state index in [9.17, 15) is 5.11 Å². The van der Waals surface area contributed by atoms with Crippen molar-refractivity contribution in [1.82, 2.24) is 4.37 Å². The van der Waals surface area contributed by atoms with Gasteiger partial charge in [0.1, 0.15) is 6.10 Å². The van der Waals surface area contributed by atoms with Crippen molar-refractivity contribution in [2.45, 2.75) is 6.10 Å². The van der Waals surface area contributed by atoms with E-state index in [0.717, 1.165) is 0 Å². The van der Waals surface area contributed by atoms with Crippen LogP contribution in [-0.2, 0) is 4.74 Å². The lowest BCUT2D eigenvalue weighted by Crippen LogP contribution is -2.04. The number of aliphatic hydroxyl groups excluding tert-OH is 1. The first-order chi connectivity index (χ1) is 4.84. The number of hydrogen-bond acceptors (Lipinski definition) is 4. The van der Waals surface area contributed by atoms with Crippen LogP contribution in [0.3, 0.4) is 0 Å². The summed E-state index contributed by atoms with van der Waals surface area (Å²) in [6.07, 6.45) is -0.573. The zero-order chi connectivity index (χ0) is 7.40. The molecule has 56 valence electrons. The first-order valence-corrected chi connectivity index (χ1v) is 3.75. The van der Waals surface area contributed by atoms with Gasteiger partial charge in [0.25, 0.3) is 0 Å². The van der Waals surface area contributed by atoms with Gasteiger partial charge in [0.05, 0.1) is 12.3 Å². The molecule has 1 atom stereocenters. The van der Waals surface area contributed by atoms with Crippen LogP contribution in [0.15, 0.2) is 11.4 Å². The van der Waals surface area contributed by atoms with Crippen molar-refractivity contribution in [3.05, 3.63) is 17.1 Å². The van der Waals surface area contributed by atoms with Gasteiger partial charge >= 0.3 is 0 Å². The molecule has 0 saturated carbocycles. The van der Waals surface area contributed by atoms with Gasteiger partial charge in [-0.15, -0.1) is 0 Å². The fraction of sp³-hybridized carbons (Fsp3) is 0.500. The summed E-state index contributed by atoms with van der Waals surface area (Å²) in [6.45, 7) is 0.309. The van der Waals surface area contributed by atoms with Crippen LogP contribution >= 0.6 is 11.5 Å². The molecular weight excluding hydrogens is 150 g/mol. The Morgan fingerprint density at radius 2 is 2.70 bits per heavy atom. The molecule has 0 aliphatic carbocycles. The number of methoxy groups -OCH3 is 1. The SMILES string of the molecule is COCC(O)c1ccsn1. The molecule has 0 bridgehead atoms. The second-order valence-corrected chi connectivity index (χ2v) is 2.56. The maximum atomic E-state index is 9.23. The van der Waals surface area contributed by atoms with Crippen LogP contribution in [0.4, 0.5) is 0 Å². The molecule has 0 aromatic carbocycles. The molecule has 1 aromatic heterocycles. The van der Waals surface area contributed by atoms with Crippen LogP contribution in [0.1, 0.15) is 11.8 Å². The summed E-state index contributed by atoms with van der Waals surface area (Å²) in [5, 5.41) is 11.1. The van der Waals surface area contributed by atoms with Crippen molar-refractivity contribution in [3.8, 4) is 0 Å². The molecule has 3 nitrogen and oxygen atoms in total. The zero-order valence-electron chi connectivity index (χ0n) is 5.65. The quantitative estimate of drug-likeness (QED) is 0.710. The summed E-state index contributed by atoms with van der Waals surface area (Å²) in [7, 11) is 1.55. The largest absolute Gasteiger partial charge is 0.384 e. The summed E-state index contributed by atoms with van der Waals surface area (Å²) in [5.41, 5.74) is 0.687. The maximum Gasteiger partial charge on any atom is 0.120 e. The van der Waals surface area contributed by atoms with Crippen LogP contribution in [0.25, 0.3) is 0 Å². The van der Waals surface area contributed by atoms with E-state index in [0.29, 0.717) is 12.3 Å². The van der Waals surface area contributed by atoms with E-state index in [1.807, 2.05) is 5.38 Å². The van der Waals surface area contributed by atoms with E-state index < -0.39 is 6.10 Å². The number of ether oxygens (including phenoxy) is 1. The van der Waals surface area contributed by atoms with Crippen molar-refractivity contribution < 1.29 is 9.84 Å². The maximum absolute atomic E-state index is 9.23. The monoisotopic (exact) mass is 159 g/mol. The van der Waals surface area contributed by atoms with Gasteiger partial charge in [0.15, 0.2) is 0 Å². The number of nitrogens with zero attached hydrogens (tertiary/aromatic N) is 1. The summed E-state index contributed by atoms with van der Waals surface area (Å²) >= 11 is 1.33. The van der Waals surface area contributed by atoms with E-state index >= 15 is 0 Å². The van der Waals surface area contributed by atoms with Crippen molar-refractivity contribution >= 4 is 11.5 Å². The molecule has 4 heteroatoms. The summed E-state index contributed by atoms with van der Waals surface area (Å²) in [6, 6.07) is 1.79. The number of aliphatic hydroxyl groups is 1. The predicted octanol–water partition coefficient (Wildman–Crippen LogP) is 0.823. The minimum Gasteiger partial charge on any atom is -0.384 e. The molecule has 0 spiro atoms. The molecule has 1 aromatic rings. The van der Waals surface area contributed by atoms with Crippen LogP contribution in [0.5, 0.6) is 0 Å². The Hall–Kier alpha value is -0.450. The molecule has 0 saturated heterocycles. The van der Waals surface area contributed by atoms with E-state index in [1.165, 1.54) is 11.5 Å². The Morgan fingerprint density at radius 3 is 3.20 bits per heavy atom. The van der Waals surface area contributed by atoms with Crippen LogP contribution in [0.2, 0.25) is 0 Å². The molecule has 0 amide bonds. The molecule has 1 rings (SSSR count). The first kappa shape index (κ1) is 7.65. The first-order valence-electron chi connectivity index (χ1n) is 2.92. The van der Waals surface area contributed by atoms with Crippen molar-refractivity contribution in [1.29, 1.82) is 0 Å². The topological polar surface area (TPSA) is 42.4 Å². The Bertz CT molecular complexity index is 176. The second-order valence-electron chi connectivity index (χ2n) is 1.90. The van der Waals surface area contributed by atoms with E-state index in [2.05, 4.69) is 4.37 Å². The van der Waals surface area contributed by atoms with Gasteiger partial charge in [0, 0.05) is 12.5 Å². The highest BCUT2D eigenvalue weighted by Crippen LogP contribution is 2.11. The molecule has 0 aliphatic heterocycles. The zero-order valence-corrected chi connectivity index (χ0v) is 6.47. The van der Waals surface area contributed by atoms with Gasteiger partial charge in [-0.3, -0.25) is 0 Å². The minimum atomic E-state index is -0.573. The average Bonchev–Trinajstić information content (AvgIpc) is 2.38. The predicted molar refractivity (Wildman–Crippen MR) is 38.9 cm³/mol. The van der Waals surface area contributed by atoms with Crippen LogP contribution in [-0.4, -0.2) is 23.2 Å². The van der Waals surface area contributed by atoms with Gasteiger partial charge < -0.3 is 9.84 Å². The van der Waals surface area contributed by atoms with Gasteiger partial charge in [-0.05, 0) is 17.6 Å². The molecule has 0 aliphatic rings. The highest BCUT2D eigenvalue weighted by molar-refractivity contribution is 7.03. The molecule has 10 heavy (non-hydrogen) atoms. The minimum absolute atomic E-state index is 0.309. The lowest BCUT2D eigenvalue weighted by molar-refractivity contribution is 0.0623. The van der Waals surface area contributed by atoms with Crippen LogP contribution < -0.4 is 0 Å². The molecule has 0 fully saturated rings. The van der Waals surface area contributed by atoms with Gasteiger partial charge in [-0.2, -0.15) is 4.37 Å². The Morgan fingerprint density at radius 1 is 1.90 bits per heavy atom. The van der Waals surface area contributed by atoms with E-state index in [1.54, 1.807) is 13.2 Å². The molecular formula is C6H9NO2S. The van der Waals surface area contributed by atoms with Gasteiger partial charge in [0.2, 0.25) is 0 Å². The molecule has 1 heterocycles. The average molecular weight is 159 g/mol. The third-order valence-electron chi connectivity index (χ3n) is 1.12. The normalized spacial score (nSPS) is 13.4. The Balaban J connectivity index is 2.50. The molecule has 1 N–H and O–H groups in total. The standard InChI is InChI=1S/C6H9NO2S/c1-9-4-6(8)5-2-3-10-7-5/h2-3,6,8H,4H2,1H3. The Kier molecular flexibility index (Phi) is 2.80. The van der Waals surface area contributed by atoms with Gasteiger partial charge in [-0.1, -0.05) is 0 Å². The highest BCUT2D eigenvalue weighted by atomic mass is 32.1. The number of aromatic nitrogens is 1. The molecule has 0 radical (unpaired) electrons. The third-order valence-corrected chi connectivity index (χ3v) is 1.70. The fourth-order valence-corrected chi connectivity index (χ4v) is 1.20. The smallest absolute Gasteiger partial charge is 0.120 e. The fourth-order valence-electron chi connectivity index (χ4n) is 0.637. The van der Waals surface area contributed by atoms with Crippen molar-refractivity contribution in [2.75, 3.05) is 13.7 Å². The lowest BCUT2D eigenvalue weighted by Gasteiger charge is -2.03. The van der Waals surface area contributed by atoms with Gasteiger partial charge in [-0.25, -0.2) is 0 Å². The highest BCUT2D eigenvalue weighted by Gasteiger charge is 2.07. The van der Waals surface area contributed by atoms with Crippen molar-refractivity contribution in [3.63, 3.8) is 0 Å². The third kappa shape index (κ3) is 1.76. The van der Waals surface area contributed by atoms with Crippen molar-refractivity contribution in [2.24, 2.45) is 0 Å². The van der Waals surface area contributed by atoms with Crippen LogP contribution in [0, 0.1) is 0 Å². The summed E-state index contributed by atoms with van der Waals surface area (Å²) in [4.78, 5) is 0. The summed E-state index contributed by atoms with van der Waals surface area (Å²) < 4.78 is 8.69.